The van der Waals surface area contributed by atoms with Crippen molar-refractivity contribution in [2.24, 2.45) is 23.7 Å². The molecule has 3 heteroatoms. The van der Waals surface area contributed by atoms with Gasteiger partial charge in [0.1, 0.15) is 5.82 Å². The third-order valence-corrected chi connectivity index (χ3v) is 15.3. The fourth-order valence-corrected chi connectivity index (χ4v) is 13.5. The van der Waals surface area contributed by atoms with E-state index in [4.69, 9.17) is 4.98 Å². The van der Waals surface area contributed by atoms with Gasteiger partial charge in [-0.1, -0.05) is 103 Å². The van der Waals surface area contributed by atoms with Crippen molar-refractivity contribution in [3.63, 3.8) is 0 Å². The Labute approximate surface area is 318 Å². The molecule has 2 aromatic heterocycles. The first-order valence-corrected chi connectivity index (χ1v) is 20.7. The number of rotatable bonds is 3. The van der Waals surface area contributed by atoms with E-state index < -0.39 is 0 Å². The van der Waals surface area contributed by atoms with Gasteiger partial charge in [-0.15, -0.1) is 11.3 Å². The Morgan fingerprint density at radius 2 is 1.24 bits per heavy atom. The first kappa shape index (κ1) is 29.9. The average Bonchev–Trinajstić information content (AvgIpc) is 3.87. The van der Waals surface area contributed by atoms with Gasteiger partial charge in [0.2, 0.25) is 0 Å². The quantitative estimate of drug-likeness (QED) is 0.178. The molecule has 1 spiro atoms. The van der Waals surface area contributed by atoms with Gasteiger partial charge in [-0.05, 0) is 137 Å². The molecule has 54 heavy (non-hydrogen) atoms. The molecule has 9 aromatic rings. The van der Waals surface area contributed by atoms with Crippen LogP contribution in [0.25, 0.3) is 81.3 Å². The van der Waals surface area contributed by atoms with Crippen LogP contribution in [0.2, 0.25) is 0 Å². The van der Waals surface area contributed by atoms with E-state index in [2.05, 4.69) is 150 Å². The van der Waals surface area contributed by atoms with Gasteiger partial charge in [0.15, 0.2) is 0 Å². The third kappa shape index (κ3) is 3.88. The molecule has 7 aromatic carbocycles. The van der Waals surface area contributed by atoms with Crippen molar-refractivity contribution in [2.75, 3.05) is 0 Å². The van der Waals surface area contributed by atoms with E-state index in [9.17, 15) is 0 Å². The van der Waals surface area contributed by atoms with Crippen LogP contribution in [-0.4, -0.2) is 9.55 Å². The molecule has 2 nitrogen and oxygen atoms in total. The second-order valence-electron chi connectivity index (χ2n) is 16.7. The van der Waals surface area contributed by atoms with Gasteiger partial charge in [0.25, 0.3) is 0 Å². The molecule has 0 aliphatic heterocycles. The normalized spacial score (nSPS) is 23.6. The van der Waals surface area contributed by atoms with Gasteiger partial charge in [-0.3, -0.25) is 4.57 Å². The van der Waals surface area contributed by atoms with Gasteiger partial charge in [-0.2, -0.15) is 0 Å². The zero-order valence-electron chi connectivity index (χ0n) is 30.0. The molecule has 0 unspecified atom stereocenters. The van der Waals surface area contributed by atoms with Gasteiger partial charge in [0.05, 0.1) is 16.7 Å². The van der Waals surface area contributed by atoms with Gasteiger partial charge >= 0.3 is 0 Å². The van der Waals surface area contributed by atoms with Crippen LogP contribution in [0.1, 0.15) is 43.2 Å². The molecule has 4 fully saturated rings. The highest BCUT2D eigenvalue weighted by Crippen LogP contribution is 2.70. The Balaban J connectivity index is 1.14. The van der Waals surface area contributed by atoms with Crippen LogP contribution in [0.15, 0.2) is 146 Å². The Morgan fingerprint density at radius 3 is 2.13 bits per heavy atom. The minimum Gasteiger partial charge on any atom is -0.292 e. The van der Waals surface area contributed by atoms with Crippen molar-refractivity contribution in [1.82, 2.24) is 9.55 Å². The molecule has 258 valence electrons. The molecule has 0 atom stereocenters. The van der Waals surface area contributed by atoms with Crippen LogP contribution in [0, 0.1) is 23.7 Å². The van der Waals surface area contributed by atoms with Crippen LogP contribution in [0.5, 0.6) is 0 Å². The van der Waals surface area contributed by atoms with Crippen LogP contribution in [0.3, 0.4) is 0 Å². The summed E-state index contributed by atoms with van der Waals surface area (Å²) in [5, 5.41) is 5.16. The summed E-state index contributed by atoms with van der Waals surface area (Å²) < 4.78 is 5.13. The SMILES string of the molecule is c1ccc2c(c1)-c1cc(-c3nc4ccccc4n3-c3cccc4ccccc34)c(-c3ccc4c(c3)sc3ccccc34)cc1C21C2CC3CC(C2)CC1C3. The predicted molar refractivity (Wildman–Crippen MR) is 226 cm³/mol. The molecule has 14 rings (SSSR count). The number of aromatic nitrogens is 2. The van der Waals surface area contributed by atoms with E-state index in [0.717, 1.165) is 28.7 Å². The minimum atomic E-state index is 0.0874. The van der Waals surface area contributed by atoms with Crippen molar-refractivity contribution >= 4 is 53.3 Å². The summed E-state index contributed by atoms with van der Waals surface area (Å²) in [4.78, 5) is 5.57. The van der Waals surface area contributed by atoms with E-state index >= 15 is 0 Å². The second kappa shape index (κ2) is 10.8. The van der Waals surface area contributed by atoms with Crippen LogP contribution >= 0.6 is 11.3 Å². The van der Waals surface area contributed by atoms with E-state index in [0.29, 0.717) is 11.8 Å². The maximum Gasteiger partial charge on any atom is 0.146 e. The van der Waals surface area contributed by atoms with Crippen LogP contribution < -0.4 is 0 Å². The number of hydrogen-bond acceptors (Lipinski definition) is 2. The smallest absolute Gasteiger partial charge is 0.146 e. The molecular formula is C51H38N2S. The van der Waals surface area contributed by atoms with Crippen molar-refractivity contribution in [1.29, 1.82) is 0 Å². The van der Waals surface area contributed by atoms with E-state index in [1.165, 1.54) is 96.6 Å². The number of imidazole rings is 1. The molecular weight excluding hydrogens is 673 g/mol. The largest absolute Gasteiger partial charge is 0.292 e. The van der Waals surface area contributed by atoms with Gasteiger partial charge in [0, 0.05) is 36.5 Å². The zero-order valence-corrected chi connectivity index (χ0v) is 30.8. The fourth-order valence-electron chi connectivity index (χ4n) is 12.4. The summed E-state index contributed by atoms with van der Waals surface area (Å²) in [6, 6.07) is 55.0. The summed E-state index contributed by atoms with van der Waals surface area (Å²) in [5.41, 5.74) is 13.2. The molecule has 0 N–H and O–H groups in total. The number of thiophene rings is 1. The summed E-state index contributed by atoms with van der Waals surface area (Å²) >= 11 is 1.91. The zero-order chi connectivity index (χ0) is 35.1. The molecule has 0 radical (unpaired) electrons. The highest BCUT2D eigenvalue weighted by atomic mass is 32.1. The fraction of sp³-hybridized carbons (Fsp3) is 0.196. The molecule has 2 heterocycles. The number of benzene rings is 7. The average molecular weight is 711 g/mol. The van der Waals surface area contributed by atoms with E-state index in [1.54, 1.807) is 11.1 Å². The lowest BCUT2D eigenvalue weighted by atomic mass is 9.43. The molecule has 5 aliphatic carbocycles. The number of para-hydroxylation sites is 2. The van der Waals surface area contributed by atoms with Crippen LogP contribution in [0.4, 0.5) is 0 Å². The maximum atomic E-state index is 5.57. The lowest BCUT2D eigenvalue weighted by molar-refractivity contribution is -0.0399. The first-order chi connectivity index (χ1) is 26.7. The molecule has 0 saturated heterocycles. The Kier molecular flexibility index (Phi) is 5.98. The topological polar surface area (TPSA) is 17.8 Å². The lowest BCUT2D eigenvalue weighted by Gasteiger charge is -2.61. The summed E-state index contributed by atoms with van der Waals surface area (Å²) in [6.07, 6.45) is 6.97. The van der Waals surface area contributed by atoms with Gasteiger partial charge < -0.3 is 0 Å². The highest BCUT2D eigenvalue weighted by Gasteiger charge is 2.61. The Hall–Kier alpha value is -5.51. The summed E-state index contributed by atoms with van der Waals surface area (Å²) in [7, 11) is 0. The molecule has 0 amide bonds. The standard InChI is InChI=1S/C51H38N2S/c1-2-12-36-32(10-1)11-9-18-46(36)53-47-17-7-6-16-45(47)52-50(53)42-28-41-37-13-3-5-15-43(37)51(34-23-30-22-31(25-34)26-35(51)24-30)44(41)29-40(42)33-20-21-39-38-14-4-8-19-48(38)54-49(39)27-33/h1-21,27-31,34-35H,22-26H2. The first-order valence-electron chi connectivity index (χ1n) is 19.9. The monoisotopic (exact) mass is 710 g/mol. The lowest BCUT2D eigenvalue weighted by Crippen LogP contribution is -2.55. The molecule has 5 aliphatic rings. The van der Waals surface area contributed by atoms with Crippen LogP contribution in [-0.2, 0) is 5.41 Å². The Bertz CT molecular complexity index is 3000. The van der Waals surface area contributed by atoms with Crippen molar-refractivity contribution in [3.8, 4) is 39.3 Å². The minimum absolute atomic E-state index is 0.0874. The number of nitrogens with zero attached hydrogens (tertiary/aromatic N) is 2. The summed E-state index contributed by atoms with van der Waals surface area (Å²) in [5.74, 6) is 4.23. The highest BCUT2D eigenvalue weighted by molar-refractivity contribution is 7.25. The van der Waals surface area contributed by atoms with Crippen molar-refractivity contribution in [3.05, 3.63) is 157 Å². The van der Waals surface area contributed by atoms with Crippen molar-refractivity contribution < 1.29 is 0 Å². The van der Waals surface area contributed by atoms with Crippen molar-refractivity contribution in [2.45, 2.75) is 37.5 Å². The molecule has 4 bridgehead atoms. The van der Waals surface area contributed by atoms with Gasteiger partial charge in [-0.25, -0.2) is 4.98 Å². The predicted octanol–water partition coefficient (Wildman–Crippen LogP) is 13.6. The maximum absolute atomic E-state index is 5.57. The number of fused-ring (bicyclic) bond motifs is 8. The van der Waals surface area contributed by atoms with E-state index in [1.807, 2.05) is 11.3 Å². The number of hydrogen-bond donors (Lipinski definition) is 0. The third-order valence-electron chi connectivity index (χ3n) is 14.2. The Morgan fingerprint density at radius 1 is 0.519 bits per heavy atom. The summed E-state index contributed by atoms with van der Waals surface area (Å²) in [6.45, 7) is 0. The molecule has 4 saturated carbocycles. The second-order valence-corrected chi connectivity index (χ2v) is 17.8. The van der Waals surface area contributed by atoms with E-state index in [-0.39, 0.29) is 5.41 Å².